The van der Waals surface area contributed by atoms with E-state index >= 15 is 0 Å². The van der Waals surface area contributed by atoms with Crippen LogP contribution in [0.2, 0.25) is 0 Å². The lowest BCUT2D eigenvalue weighted by Crippen LogP contribution is -2.40. The van der Waals surface area contributed by atoms with Crippen LogP contribution in [0.4, 0.5) is 0 Å². The maximum atomic E-state index is 13.0. The number of hydrogen-bond donors (Lipinski definition) is 0. The van der Waals surface area contributed by atoms with Gasteiger partial charge in [0.25, 0.3) is 0 Å². The van der Waals surface area contributed by atoms with Gasteiger partial charge in [0.2, 0.25) is 5.91 Å². The van der Waals surface area contributed by atoms with Crippen molar-refractivity contribution in [2.45, 2.75) is 25.5 Å². The Morgan fingerprint density at radius 1 is 1.30 bits per heavy atom. The average Bonchev–Trinajstić information content (AvgIpc) is 3.22. The molecule has 0 N–H and O–H groups in total. The van der Waals surface area contributed by atoms with Crippen molar-refractivity contribution >= 4 is 5.91 Å². The molecule has 1 saturated heterocycles. The lowest BCUT2D eigenvalue weighted by Gasteiger charge is -2.32. The SMILES string of the molecule is Cn1cc([C@H]2OCC[C@@H]2C(=O)N2CCc3ccccc3C2)cn1. The Kier molecular flexibility index (Phi) is 3.65. The van der Waals surface area contributed by atoms with Gasteiger partial charge in [-0.05, 0) is 24.0 Å². The number of ether oxygens (including phenoxy) is 1. The summed E-state index contributed by atoms with van der Waals surface area (Å²) in [7, 11) is 1.89. The number of carbonyl (C=O) groups is 1. The van der Waals surface area contributed by atoms with Crippen molar-refractivity contribution in [2.75, 3.05) is 13.2 Å². The second kappa shape index (κ2) is 5.81. The lowest BCUT2D eigenvalue weighted by molar-refractivity contribution is -0.138. The van der Waals surface area contributed by atoms with E-state index in [9.17, 15) is 4.79 Å². The van der Waals surface area contributed by atoms with Crippen LogP contribution in [0.25, 0.3) is 0 Å². The van der Waals surface area contributed by atoms with E-state index in [2.05, 4.69) is 23.3 Å². The van der Waals surface area contributed by atoms with Crippen molar-refractivity contribution in [1.29, 1.82) is 0 Å². The lowest BCUT2D eigenvalue weighted by atomic mass is 9.93. The zero-order valence-electron chi connectivity index (χ0n) is 13.3. The molecule has 5 heteroatoms. The molecule has 2 aliphatic heterocycles. The van der Waals surface area contributed by atoms with Crippen molar-refractivity contribution in [1.82, 2.24) is 14.7 Å². The quantitative estimate of drug-likeness (QED) is 0.853. The first kappa shape index (κ1) is 14.5. The minimum absolute atomic E-state index is 0.0931. The van der Waals surface area contributed by atoms with E-state index in [0.717, 1.165) is 24.9 Å². The molecule has 23 heavy (non-hydrogen) atoms. The number of amides is 1. The van der Waals surface area contributed by atoms with Crippen LogP contribution < -0.4 is 0 Å². The topological polar surface area (TPSA) is 47.4 Å². The summed E-state index contributed by atoms with van der Waals surface area (Å²) in [5, 5.41) is 4.21. The summed E-state index contributed by atoms with van der Waals surface area (Å²) >= 11 is 0. The highest BCUT2D eigenvalue weighted by Crippen LogP contribution is 2.36. The second-order valence-corrected chi connectivity index (χ2v) is 6.41. The molecule has 1 aromatic heterocycles. The number of nitrogens with zero attached hydrogens (tertiary/aromatic N) is 3. The monoisotopic (exact) mass is 311 g/mol. The Hall–Kier alpha value is -2.14. The molecule has 0 aliphatic carbocycles. The summed E-state index contributed by atoms with van der Waals surface area (Å²) in [6.45, 7) is 2.15. The number of rotatable bonds is 2. The maximum absolute atomic E-state index is 13.0. The van der Waals surface area contributed by atoms with Crippen molar-refractivity contribution in [3.05, 3.63) is 53.3 Å². The van der Waals surface area contributed by atoms with Crippen LogP contribution in [0, 0.1) is 5.92 Å². The largest absolute Gasteiger partial charge is 0.373 e. The van der Waals surface area contributed by atoms with E-state index < -0.39 is 0 Å². The normalized spacial score (nSPS) is 23.8. The fraction of sp³-hybridized carbons (Fsp3) is 0.444. The van der Waals surface area contributed by atoms with Crippen molar-refractivity contribution in [3.63, 3.8) is 0 Å². The van der Waals surface area contributed by atoms with Gasteiger partial charge in [-0.15, -0.1) is 0 Å². The number of benzene rings is 1. The number of fused-ring (bicyclic) bond motifs is 1. The minimum Gasteiger partial charge on any atom is -0.373 e. The average molecular weight is 311 g/mol. The number of aryl methyl sites for hydroxylation is 1. The Balaban J connectivity index is 1.52. The zero-order chi connectivity index (χ0) is 15.8. The van der Waals surface area contributed by atoms with E-state index in [-0.39, 0.29) is 17.9 Å². The van der Waals surface area contributed by atoms with Crippen LogP contribution >= 0.6 is 0 Å². The van der Waals surface area contributed by atoms with Crippen LogP contribution in [0.5, 0.6) is 0 Å². The molecule has 2 aliphatic rings. The highest BCUT2D eigenvalue weighted by molar-refractivity contribution is 5.80. The predicted octanol–water partition coefficient (Wildman–Crippen LogP) is 2.08. The van der Waals surface area contributed by atoms with Gasteiger partial charge in [-0.2, -0.15) is 5.10 Å². The third kappa shape index (κ3) is 2.65. The van der Waals surface area contributed by atoms with Crippen LogP contribution in [0.1, 0.15) is 29.2 Å². The van der Waals surface area contributed by atoms with Gasteiger partial charge in [0, 0.05) is 38.5 Å². The molecular formula is C18H21N3O2. The molecule has 1 amide bonds. The summed E-state index contributed by atoms with van der Waals surface area (Å²) in [5.74, 6) is 0.121. The third-order valence-corrected chi connectivity index (χ3v) is 4.90. The second-order valence-electron chi connectivity index (χ2n) is 6.41. The molecule has 0 spiro atoms. The van der Waals surface area contributed by atoms with Crippen LogP contribution in [0.3, 0.4) is 0 Å². The molecular weight excluding hydrogens is 290 g/mol. The fourth-order valence-electron chi connectivity index (χ4n) is 3.68. The standard InChI is InChI=1S/C18H21N3O2/c1-20-11-15(10-19-20)17-16(7-9-23-17)18(22)21-8-6-13-4-2-3-5-14(13)12-21/h2-5,10-11,16-17H,6-9,12H2,1H3/t16-,17+/m0/s1. The summed E-state index contributed by atoms with van der Waals surface area (Å²) < 4.78 is 7.61. The number of aromatic nitrogens is 2. The first-order valence-electron chi connectivity index (χ1n) is 8.18. The van der Waals surface area contributed by atoms with Crippen LogP contribution in [-0.2, 0) is 29.5 Å². The molecule has 4 rings (SSSR count). The molecule has 0 saturated carbocycles. The molecule has 0 bridgehead atoms. The van der Waals surface area contributed by atoms with Gasteiger partial charge in [-0.3, -0.25) is 9.48 Å². The first-order valence-corrected chi connectivity index (χ1v) is 8.18. The Morgan fingerprint density at radius 3 is 2.91 bits per heavy atom. The van der Waals surface area contributed by atoms with Crippen molar-refractivity contribution < 1.29 is 9.53 Å². The summed E-state index contributed by atoms with van der Waals surface area (Å²) in [6.07, 6.45) is 5.32. The maximum Gasteiger partial charge on any atom is 0.229 e. The third-order valence-electron chi connectivity index (χ3n) is 4.90. The van der Waals surface area contributed by atoms with E-state index in [4.69, 9.17) is 4.74 Å². The molecule has 3 heterocycles. The molecule has 2 atom stereocenters. The van der Waals surface area contributed by atoms with Gasteiger partial charge in [-0.1, -0.05) is 24.3 Å². The molecule has 120 valence electrons. The summed E-state index contributed by atoms with van der Waals surface area (Å²) in [4.78, 5) is 15.0. The zero-order valence-corrected chi connectivity index (χ0v) is 13.3. The molecule has 5 nitrogen and oxygen atoms in total. The van der Waals surface area contributed by atoms with Gasteiger partial charge in [0.15, 0.2) is 0 Å². The smallest absolute Gasteiger partial charge is 0.229 e. The van der Waals surface area contributed by atoms with Crippen LogP contribution in [-0.4, -0.2) is 33.7 Å². The molecule has 0 radical (unpaired) electrons. The van der Waals surface area contributed by atoms with Gasteiger partial charge >= 0.3 is 0 Å². The van der Waals surface area contributed by atoms with E-state index in [1.54, 1.807) is 4.68 Å². The molecule has 1 aromatic carbocycles. The van der Waals surface area contributed by atoms with Crippen LogP contribution in [0.15, 0.2) is 36.7 Å². The van der Waals surface area contributed by atoms with Crippen molar-refractivity contribution in [2.24, 2.45) is 13.0 Å². The Labute approximate surface area is 135 Å². The molecule has 2 aromatic rings. The fourth-order valence-corrected chi connectivity index (χ4v) is 3.68. The number of hydrogen-bond acceptors (Lipinski definition) is 3. The van der Waals surface area contributed by atoms with E-state index in [1.165, 1.54) is 11.1 Å². The van der Waals surface area contributed by atoms with Gasteiger partial charge in [0.1, 0.15) is 0 Å². The highest BCUT2D eigenvalue weighted by atomic mass is 16.5. The number of carbonyl (C=O) groups excluding carboxylic acids is 1. The van der Waals surface area contributed by atoms with E-state index in [0.29, 0.717) is 13.2 Å². The Morgan fingerprint density at radius 2 is 2.13 bits per heavy atom. The molecule has 1 fully saturated rings. The van der Waals surface area contributed by atoms with Gasteiger partial charge < -0.3 is 9.64 Å². The summed E-state index contributed by atoms with van der Waals surface area (Å²) in [6, 6.07) is 8.40. The predicted molar refractivity (Wildman–Crippen MR) is 85.6 cm³/mol. The summed E-state index contributed by atoms with van der Waals surface area (Å²) in [5.41, 5.74) is 3.63. The van der Waals surface area contributed by atoms with Gasteiger partial charge in [0.05, 0.1) is 18.2 Å². The van der Waals surface area contributed by atoms with Gasteiger partial charge in [-0.25, -0.2) is 0 Å². The Bertz CT molecular complexity index is 725. The first-order chi connectivity index (χ1) is 11.2. The minimum atomic E-state index is -0.159. The van der Waals surface area contributed by atoms with Crippen molar-refractivity contribution in [3.8, 4) is 0 Å². The van der Waals surface area contributed by atoms with E-state index in [1.807, 2.05) is 30.4 Å². The molecule has 0 unspecified atom stereocenters. The highest BCUT2D eigenvalue weighted by Gasteiger charge is 2.38.